The molecule has 0 spiro atoms. The molecule has 3 nitrogen and oxygen atoms in total. The second kappa shape index (κ2) is 4.58. The average Bonchev–Trinajstić information content (AvgIpc) is 1.94. The van der Waals surface area contributed by atoms with Crippen LogP contribution in [0, 0.1) is 0 Å². The minimum Gasteiger partial charge on any atom is -0.355 e. The van der Waals surface area contributed by atoms with Gasteiger partial charge in [-0.1, -0.05) is 0 Å². The first kappa shape index (κ1) is 8.72. The van der Waals surface area contributed by atoms with Crippen molar-refractivity contribution in [1.82, 2.24) is 10.6 Å². The van der Waals surface area contributed by atoms with Gasteiger partial charge in [0.05, 0.1) is 6.54 Å². The predicted molar refractivity (Wildman–Crippen MR) is 37.7 cm³/mol. The number of hydrogen-bond acceptors (Lipinski definition) is 2. The van der Waals surface area contributed by atoms with Crippen molar-refractivity contribution in [3.8, 4) is 0 Å². The van der Waals surface area contributed by atoms with E-state index in [0.717, 1.165) is 19.5 Å². The topological polar surface area (TPSA) is 41.1 Å². The molecule has 0 bridgehead atoms. The maximum Gasteiger partial charge on any atom is 0.233 e. The van der Waals surface area contributed by atoms with Gasteiger partial charge in [0.15, 0.2) is 0 Å². The molecule has 1 saturated heterocycles. The van der Waals surface area contributed by atoms with Gasteiger partial charge in [-0.3, -0.25) is 4.79 Å². The zero-order valence-electron chi connectivity index (χ0n) is 5.14. The van der Waals surface area contributed by atoms with E-state index in [9.17, 15) is 4.79 Å². The van der Waals surface area contributed by atoms with Crippen LogP contribution in [0.15, 0.2) is 0 Å². The highest BCUT2D eigenvalue weighted by atomic mass is 35.5. The van der Waals surface area contributed by atoms with Crippen molar-refractivity contribution in [3.63, 3.8) is 0 Å². The summed E-state index contributed by atoms with van der Waals surface area (Å²) < 4.78 is 0. The number of amides is 1. The average molecular weight is 151 g/mol. The second-order valence-electron chi connectivity index (χ2n) is 1.88. The van der Waals surface area contributed by atoms with Crippen LogP contribution in [-0.4, -0.2) is 25.5 Å². The van der Waals surface area contributed by atoms with Crippen LogP contribution in [0.2, 0.25) is 0 Å². The lowest BCUT2D eigenvalue weighted by molar-refractivity contribution is -0.119. The van der Waals surface area contributed by atoms with E-state index < -0.39 is 0 Å². The van der Waals surface area contributed by atoms with Gasteiger partial charge in [-0.15, -0.1) is 12.4 Å². The van der Waals surface area contributed by atoms with Crippen molar-refractivity contribution in [2.24, 2.45) is 0 Å². The van der Waals surface area contributed by atoms with Crippen LogP contribution in [0.3, 0.4) is 0 Å². The first-order chi connectivity index (χ1) is 3.89. The van der Waals surface area contributed by atoms with Crippen LogP contribution in [-0.2, 0) is 4.79 Å². The molecule has 9 heavy (non-hydrogen) atoms. The smallest absolute Gasteiger partial charge is 0.233 e. The maximum absolute atomic E-state index is 10.5. The number of carbonyl (C=O) groups excluding carboxylic acids is 1. The van der Waals surface area contributed by atoms with E-state index in [2.05, 4.69) is 10.6 Å². The van der Waals surface area contributed by atoms with Gasteiger partial charge < -0.3 is 10.6 Å². The van der Waals surface area contributed by atoms with Crippen molar-refractivity contribution < 1.29 is 4.79 Å². The highest BCUT2D eigenvalue weighted by Gasteiger charge is 2.02. The molecule has 0 saturated carbocycles. The third kappa shape index (κ3) is 3.32. The van der Waals surface area contributed by atoms with E-state index in [1.165, 1.54) is 0 Å². The second-order valence-corrected chi connectivity index (χ2v) is 1.88. The fraction of sp³-hybridized carbons (Fsp3) is 0.800. The van der Waals surface area contributed by atoms with Crippen LogP contribution in [0.25, 0.3) is 0 Å². The third-order valence-corrected chi connectivity index (χ3v) is 1.14. The Bertz CT molecular complexity index is 87.0. The van der Waals surface area contributed by atoms with E-state index in [4.69, 9.17) is 0 Å². The number of halogens is 1. The quantitative estimate of drug-likeness (QED) is 0.490. The molecule has 1 amide bonds. The fourth-order valence-corrected chi connectivity index (χ4v) is 0.706. The van der Waals surface area contributed by atoms with E-state index in [1.807, 2.05) is 0 Å². The Balaban J connectivity index is 0.000000640. The Morgan fingerprint density at radius 2 is 2.11 bits per heavy atom. The molecule has 0 aromatic rings. The Hall–Kier alpha value is -0.280. The van der Waals surface area contributed by atoms with Crippen LogP contribution in [0.1, 0.15) is 6.42 Å². The first-order valence-electron chi connectivity index (χ1n) is 2.87. The number of hydrogen-bond donors (Lipinski definition) is 2. The van der Waals surface area contributed by atoms with E-state index in [0.29, 0.717) is 6.54 Å². The largest absolute Gasteiger partial charge is 0.355 e. The lowest BCUT2D eigenvalue weighted by Gasteiger charge is -1.93. The lowest BCUT2D eigenvalue weighted by atomic mass is 10.4. The molecule has 0 atom stereocenters. The molecular formula is C5H11ClN2O. The lowest BCUT2D eigenvalue weighted by Crippen LogP contribution is -2.28. The Morgan fingerprint density at radius 1 is 1.33 bits per heavy atom. The van der Waals surface area contributed by atoms with Gasteiger partial charge in [0.1, 0.15) is 0 Å². The van der Waals surface area contributed by atoms with Gasteiger partial charge in [-0.2, -0.15) is 0 Å². The van der Waals surface area contributed by atoms with Gasteiger partial charge in [0.25, 0.3) is 0 Å². The number of rotatable bonds is 0. The van der Waals surface area contributed by atoms with Gasteiger partial charge in [0, 0.05) is 6.54 Å². The summed E-state index contributed by atoms with van der Waals surface area (Å²) in [6, 6.07) is 0. The predicted octanol–water partition coefficient (Wildman–Crippen LogP) is -0.482. The summed E-state index contributed by atoms with van der Waals surface area (Å²) in [5, 5.41) is 5.73. The van der Waals surface area contributed by atoms with Crippen LogP contribution < -0.4 is 10.6 Å². The molecule has 1 heterocycles. The van der Waals surface area contributed by atoms with Crippen molar-refractivity contribution in [2.45, 2.75) is 6.42 Å². The minimum absolute atomic E-state index is 0. The summed E-state index contributed by atoms with van der Waals surface area (Å²) in [6.45, 7) is 2.27. The molecule has 1 aliphatic heterocycles. The Morgan fingerprint density at radius 3 is 2.89 bits per heavy atom. The van der Waals surface area contributed by atoms with Gasteiger partial charge in [-0.05, 0) is 13.0 Å². The third-order valence-electron chi connectivity index (χ3n) is 1.14. The van der Waals surface area contributed by atoms with Crippen LogP contribution in [0.4, 0.5) is 0 Å². The highest BCUT2D eigenvalue weighted by molar-refractivity contribution is 5.85. The molecule has 0 unspecified atom stereocenters. The molecule has 1 aliphatic rings. The van der Waals surface area contributed by atoms with Gasteiger partial charge >= 0.3 is 0 Å². The fourth-order valence-electron chi connectivity index (χ4n) is 0.706. The zero-order valence-corrected chi connectivity index (χ0v) is 5.96. The molecule has 0 aromatic carbocycles. The van der Waals surface area contributed by atoms with Crippen molar-refractivity contribution in [2.75, 3.05) is 19.6 Å². The van der Waals surface area contributed by atoms with Crippen molar-refractivity contribution in [3.05, 3.63) is 0 Å². The molecule has 1 fully saturated rings. The van der Waals surface area contributed by atoms with E-state index in [-0.39, 0.29) is 18.3 Å². The van der Waals surface area contributed by atoms with Gasteiger partial charge in [-0.25, -0.2) is 0 Å². The summed E-state index contributed by atoms with van der Waals surface area (Å²) in [5.74, 6) is 0.113. The summed E-state index contributed by atoms with van der Waals surface area (Å²) >= 11 is 0. The molecular weight excluding hydrogens is 140 g/mol. The monoisotopic (exact) mass is 150 g/mol. The van der Waals surface area contributed by atoms with Gasteiger partial charge in [0.2, 0.25) is 5.91 Å². The number of nitrogens with one attached hydrogen (secondary N) is 2. The normalized spacial score (nSPS) is 19.3. The Kier molecular flexibility index (Phi) is 4.44. The van der Waals surface area contributed by atoms with Crippen LogP contribution >= 0.6 is 12.4 Å². The zero-order chi connectivity index (χ0) is 5.82. The van der Waals surface area contributed by atoms with E-state index >= 15 is 0 Å². The highest BCUT2D eigenvalue weighted by Crippen LogP contribution is 1.78. The molecule has 0 aliphatic carbocycles. The SMILES string of the molecule is Cl.O=C1CNCCCN1. The molecule has 0 radical (unpaired) electrons. The molecule has 4 heteroatoms. The molecule has 2 N–H and O–H groups in total. The van der Waals surface area contributed by atoms with Crippen molar-refractivity contribution >= 4 is 18.3 Å². The summed E-state index contributed by atoms with van der Waals surface area (Å²) in [6.07, 6.45) is 1.05. The minimum atomic E-state index is 0. The molecule has 0 aromatic heterocycles. The summed E-state index contributed by atoms with van der Waals surface area (Å²) in [4.78, 5) is 10.5. The molecule has 54 valence electrons. The summed E-state index contributed by atoms with van der Waals surface area (Å²) in [5.41, 5.74) is 0. The van der Waals surface area contributed by atoms with Crippen LogP contribution in [0.5, 0.6) is 0 Å². The molecule has 1 rings (SSSR count). The van der Waals surface area contributed by atoms with E-state index in [1.54, 1.807) is 0 Å². The first-order valence-corrected chi connectivity index (χ1v) is 2.87. The maximum atomic E-state index is 10.5. The standard InChI is InChI=1S/C5H10N2O.ClH/c8-5-4-6-2-1-3-7-5;/h6H,1-4H2,(H,7,8);1H. The Labute approximate surface area is 60.6 Å². The van der Waals surface area contributed by atoms with Crippen molar-refractivity contribution in [1.29, 1.82) is 0 Å². The summed E-state index contributed by atoms with van der Waals surface area (Å²) in [7, 11) is 0. The number of carbonyl (C=O) groups is 1.